The number of nitrogens with one attached hydrogen (secondary N) is 1. The van der Waals surface area contributed by atoms with Crippen LogP contribution in [0.15, 0.2) is 24.3 Å². The van der Waals surface area contributed by atoms with E-state index in [0.717, 1.165) is 0 Å². The van der Waals surface area contributed by atoms with Gasteiger partial charge in [-0.25, -0.2) is 5.48 Å². The van der Waals surface area contributed by atoms with E-state index in [9.17, 15) is 18.0 Å². The van der Waals surface area contributed by atoms with Crippen molar-refractivity contribution in [1.82, 2.24) is 5.48 Å². The molecule has 0 unspecified atom stereocenters. The second-order valence-electron chi connectivity index (χ2n) is 3.48. The van der Waals surface area contributed by atoms with E-state index < -0.39 is 18.7 Å². The predicted molar refractivity (Wildman–Crippen MR) is 61.7 cm³/mol. The van der Waals surface area contributed by atoms with Gasteiger partial charge < -0.3 is 4.74 Å². The number of hydroxylamine groups is 1. The van der Waals surface area contributed by atoms with Gasteiger partial charge in [-0.15, -0.1) is 0 Å². The first-order valence-electron chi connectivity index (χ1n) is 5.22. The maximum atomic E-state index is 11.7. The molecular formula is C11H11ClF3NO3. The van der Waals surface area contributed by atoms with Crippen LogP contribution in [0.5, 0.6) is 5.75 Å². The van der Waals surface area contributed by atoms with Crippen LogP contribution in [-0.4, -0.2) is 25.3 Å². The Kier molecular flexibility index (Phi) is 5.91. The van der Waals surface area contributed by atoms with Gasteiger partial charge in [0.25, 0.3) is 0 Å². The van der Waals surface area contributed by atoms with Crippen molar-refractivity contribution in [3.63, 3.8) is 0 Å². The lowest BCUT2D eigenvalue weighted by molar-refractivity contribution is -0.191. The van der Waals surface area contributed by atoms with Crippen LogP contribution in [-0.2, 0) is 9.63 Å². The number of hydrogen-bond acceptors (Lipinski definition) is 3. The second-order valence-corrected chi connectivity index (χ2v) is 3.92. The minimum Gasteiger partial charge on any atom is -0.493 e. The molecular weight excluding hydrogens is 287 g/mol. The number of carbonyl (C=O) groups excluding carboxylic acids is 1. The number of alkyl halides is 3. The summed E-state index contributed by atoms with van der Waals surface area (Å²) in [7, 11) is 0. The number of carbonyl (C=O) groups is 1. The lowest BCUT2D eigenvalue weighted by Crippen LogP contribution is -2.30. The van der Waals surface area contributed by atoms with E-state index in [4.69, 9.17) is 16.3 Å². The van der Waals surface area contributed by atoms with Gasteiger partial charge in [-0.2, -0.15) is 13.2 Å². The molecule has 106 valence electrons. The predicted octanol–water partition coefficient (Wildman–Crippen LogP) is 2.72. The van der Waals surface area contributed by atoms with Crippen LogP contribution in [0, 0.1) is 0 Å². The van der Waals surface area contributed by atoms with Gasteiger partial charge in [-0.3, -0.25) is 9.63 Å². The number of hydrogen-bond donors (Lipinski definition) is 1. The standard InChI is InChI=1S/C11H11ClF3NO3/c12-8-2-1-3-9(6-8)18-5-4-10(17)16-19-7-11(13,14)15/h1-3,6H,4-5,7H2,(H,16,17). The molecule has 0 bridgehead atoms. The molecule has 0 spiro atoms. The number of halogens is 4. The SMILES string of the molecule is O=C(CCOc1cccc(Cl)c1)NOCC(F)(F)F. The molecule has 1 amide bonds. The average molecular weight is 298 g/mol. The molecule has 0 aliphatic heterocycles. The molecule has 8 heteroatoms. The molecule has 4 nitrogen and oxygen atoms in total. The Morgan fingerprint density at radius 2 is 2.11 bits per heavy atom. The average Bonchev–Trinajstić information content (AvgIpc) is 2.27. The summed E-state index contributed by atoms with van der Waals surface area (Å²) in [4.78, 5) is 15.1. The molecule has 0 saturated heterocycles. The fourth-order valence-electron chi connectivity index (χ4n) is 1.07. The Balaban J connectivity index is 2.17. The number of rotatable bonds is 6. The van der Waals surface area contributed by atoms with Gasteiger partial charge in [0.1, 0.15) is 5.75 Å². The Hall–Kier alpha value is -1.47. The summed E-state index contributed by atoms with van der Waals surface area (Å²) < 4.78 is 40.3. The van der Waals surface area contributed by atoms with Crippen LogP contribution in [0.4, 0.5) is 13.2 Å². The highest BCUT2D eigenvalue weighted by atomic mass is 35.5. The molecule has 0 aromatic heterocycles. The minimum atomic E-state index is -4.48. The third-order valence-electron chi connectivity index (χ3n) is 1.82. The van der Waals surface area contributed by atoms with Crippen molar-refractivity contribution in [2.45, 2.75) is 12.6 Å². The molecule has 1 N–H and O–H groups in total. The summed E-state index contributed by atoms with van der Waals surface area (Å²) in [6.45, 7) is -1.53. The third kappa shape index (κ3) is 7.53. The van der Waals surface area contributed by atoms with Crippen LogP contribution in [0.2, 0.25) is 5.02 Å². The fourth-order valence-corrected chi connectivity index (χ4v) is 1.25. The number of benzene rings is 1. The zero-order valence-corrected chi connectivity index (χ0v) is 10.4. The summed E-state index contributed by atoms with van der Waals surface area (Å²) in [6.07, 6.45) is -4.62. The van der Waals surface area contributed by atoms with Gasteiger partial charge in [0.15, 0.2) is 6.61 Å². The number of amides is 1. The summed E-state index contributed by atoms with van der Waals surface area (Å²) >= 11 is 5.71. The van der Waals surface area contributed by atoms with Crippen molar-refractivity contribution in [3.8, 4) is 5.75 Å². The van der Waals surface area contributed by atoms with E-state index in [1.54, 1.807) is 29.7 Å². The number of ether oxygens (including phenoxy) is 1. The minimum absolute atomic E-state index is 0.00154. The lowest BCUT2D eigenvalue weighted by Gasteiger charge is -2.09. The first-order valence-corrected chi connectivity index (χ1v) is 5.60. The summed E-state index contributed by atoms with van der Waals surface area (Å²) in [5.41, 5.74) is 1.67. The molecule has 0 aliphatic rings. The lowest BCUT2D eigenvalue weighted by atomic mass is 10.3. The monoisotopic (exact) mass is 297 g/mol. The Bertz CT molecular complexity index is 426. The van der Waals surface area contributed by atoms with Gasteiger partial charge in [0.2, 0.25) is 5.91 Å². The summed E-state index contributed by atoms with van der Waals surface area (Å²) in [5.74, 6) is -0.234. The van der Waals surface area contributed by atoms with E-state index in [1.165, 1.54) is 0 Å². The highest BCUT2D eigenvalue weighted by Crippen LogP contribution is 2.17. The van der Waals surface area contributed by atoms with Gasteiger partial charge >= 0.3 is 6.18 Å². The van der Waals surface area contributed by atoms with E-state index in [-0.39, 0.29) is 13.0 Å². The molecule has 0 radical (unpaired) electrons. The van der Waals surface area contributed by atoms with Crippen molar-refractivity contribution < 1.29 is 27.5 Å². The summed E-state index contributed by atoms with van der Waals surface area (Å²) in [6, 6.07) is 6.53. The second kappa shape index (κ2) is 7.20. The van der Waals surface area contributed by atoms with Crippen molar-refractivity contribution in [1.29, 1.82) is 0 Å². The third-order valence-corrected chi connectivity index (χ3v) is 2.05. The highest BCUT2D eigenvalue weighted by molar-refractivity contribution is 6.30. The molecule has 0 heterocycles. The molecule has 0 aliphatic carbocycles. The van der Waals surface area contributed by atoms with E-state index >= 15 is 0 Å². The zero-order valence-electron chi connectivity index (χ0n) is 9.67. The Morgan fingerprint density at radius 3 is 2.74 bits per heavy atom. The van der Waals surface area contributed by atoms with E-state index in [0.29, 0.717) is 10.8 Å². The zero-order chi connectivity index (χ0) is 14.3. The van der Waals surface area contributed by atoms with Crippen LogP contribution >= 0.6 is 11.6 Å². The van der Waals surface area contributed by atoms with Gasteiger partial charge in [0.05, 0.1) is 13.0 Å². The largest absolute Gasteiger partial charge is 0.493 e. The molecule has 19 heavy (non-hydrogen) atoms. The van der Waals surface area contributed by atoms with Crippen molar-refractivity contribution in [2.24, 2.45) is 0 Å². The first-order chi connectivity index (χ1) is 8.87. The molecule has 0 fully saturated rings. The molecule has 1 aromatic rings. The van der Waals surface area contributed by atoms with E-state index in [1.807, 2.05) is 0 Å². The normalized spacial score (nSPS) is 11.2. The smallest absolute Gasteiger partial charge is 0.414 e. The highest BCUT2D eigenvalue weighted by Gasteiger charge is 2.28. The molecule has 0 atom stereocenters. The van der Waals surface area contributed by atoms with Crippen LogP contribution in [0.3, 0.4) is 0 Å². The first kappa shape index (κ1) is 15.6. The summed E-state index contributed by atoms with van der Waals surface area (Å²) in [5, 5.41) is 0.482. The molecule has 0 saturated carbocycles. The van der Waals surface area contributed by atoms with Gasteiger partial charge in [-0.1, -0.05) is 17.7 Å². The quantitative estimate of drug-likeness (QED) is 0.821. The van der Waals surface area contributed by atoms with Crippen molar-refractivity contribution in [2.75, 3.05) is 13.2 Å². The topological polar surface area (TPSA) is 47.6 Å². The maximum absolute atomic E-state index is 11.7. The van der Waals surface area contributed by atoms with Gasteiger partial charge in [-0.05, 0) is 18.2 Å². The maximum Gasteiger partial charge on any atom is 0.414 e. The molecule has 1 rings (SSSR count). The molecule has 1 aromatic carbocycles. The van der Waals surface area contributed by atoms with Crippen molar-refractivity contribution in [3.05, 3.63) is 29.3 Å². The van der Waals surface area contributed by atoms with Gasteiger partial charge in [0, 0.05) is 5.02 Å². The fraction of sp³-hybridized carbons (Fsp3) is 0.364. The Morgan fingerprint density at radius 1 is 1.37 bits per heavy atom. The van der Waals surface area contributed by atoms with Crippen LogP contribution < -0.4 is 10.2 Å². The van der Waals surface area contributed by atoms with Crippen molar-refractivity contribution >= 4 is 17.5 Å². The van der Waals surface area contributed by atoms with Crippen LogP contribution in [0.1, 0.15) is 6.42 Å². The Labute approximate surface area is 112 Å². The van der Waals surface area contributed by atoms with E-state index in [2.05, 4.69) is 4.84 Å². The van der Waals surface area contributed by atoms with Crippen LogP contribution in [0.25, 0.3) is 0 Å².